The van der Waals surface area contributed by atoms with E-state index in [4.69, 9.17) is 21.1 Å². The molecule has 3 aromatic carbocycles. The lowest BCUT2D eigenvalue weighted by Gasteiger charge is -2.14. The highest BCUT2D eigenvalue weighted by Crippen LogP contribution is 2.35. The molecule has 4 amide bonds. The summed E-state index contributed by atoms with van der Waals surface area (Å²) in [6.45, 7) is 4.99. The van der Waals surface area contributed by atoms with Gasteiger partial charge in [-0.05, 0) is 97.3 Å². The van der Waals surface area contributed by atoms with Gasteiger partial charge in [0.1, 0.15) is 6.54 Å². The zero-order chi connectivity index (χ0) is 30.6. The number of methoxy groups -OCH3 is 1. The molecule has 2 N–H and O–H groups in total. The van der Waals surface area contributed by atoms with E-state index in [0.717, 1.165) is 37.8 Å². The van der Waals surface area contributed by atoms with E-state index in [9.17, 15) is 19.2 Å². The van der Waals surface area contributed by atoms with Crippen molar-refractivity contribution in [2.24, 2.45) is 0 Å². The van der Waals surface area contributed by atoms with Crippen LogP contribution in [0.2, 0.25) is 5.02 Å². The molecular weight excluding hydrogens is 646 g/mol. The summed E-state index contributed by atoms with van der Waals surface area (Å²) in [5, 5.41) is 5.42. The van der Waals surface area contributed by atoms with Gasteiger partial charge in [0.15, 0.2) is 18.1 Å². The first-order chi connectivity index (χ1) is 20.0. The van der Waals surface area contributed by atoms with Gasteiger partial charge in [-0.25, -0.2) is 0 Å². The molecule has 1 aliphatic heterocycles. The van der Waals surface area contributed by atoms with Crippen molar-refractivity contribution >= 4 is 79.7 Å². The lowest BCUT2D eigenvalue weighted by Crippen LogP contribution is -2.36. The van der Waals surface area contributed by atoms with Gasteiger partial charge in [-0.1, -0.05) is 39.7 Å². The minimum absolute atomic E-state index is 0.155. The molecule has 0 radical (unpaired) electrons. The minimum Gasteiger partial charge on any atom is -0.493 e. The lowest BCUT2D eigenvalue weighted by molar-refractivity contribution is -0.127. The van der Waals surface area contributed by atoms with Gasteiger partial charge >= 0.3 is 0 Å². The first-order valence-electron chi connectivity index (χ1n) is 12.6. The van der Waals surface area contributed by atoms with E-state index in [0.29, 0.717) is 33.5 Å². The lowest BCUT2D eigenvalue weighted by atomic mass is 10.1. The molecular formula is C30H27BrClN3O6S. The first-order valence-corrected chi connectivity index (χ1v) is 14.6. The Balaban J connectivity index is 1.39. The first kappa shape index (κ1) is 31.1. The Labute approximate surface area is 260 Å². The van der Waals surface area contributed by atoms with Crippen LogP contribution >= 0.6 is 39.3 Å². The second-order valence-electron chi connectivity index (χ2n) is 9.37. The molecule has 0 aliphatic carbocycles. The van der Waals surface area contributed by atoms with Crippen LogP contribution in [-0.2, 0) is 14.4 Å². The summed E-state index contributed by atoms with van der Waals surface area (Å²) in [6.07, 6.45) is 1.53. The van der Waals surface area contributed by atoms with Crippen molar-refractivity contribution in [1.82, 2.24) is 4.90 Å². The second kappa shape index (κ2) is 13.5. The number of anilines is 2. The van der Waals surface area contributed by atoms with Crippen molar-refractivity contribution in [1.29, 1.82) is 0 Å². The van der Waals surface area contributed by atoms with Crippen LogP contribution in [0.15, 0.2) is 57.9 Å². The van der Waals surface area contributed by atoms with Gasteiger partial charge in [0.05, 0.1) is 12.0 Å². The number of carbonyl (C=O) groups is 4. The van der Waals surface area contributed by atoms with Crippen molar-refractivity contribution in [2.45, 2.75) is 20.8 Å². The summed E-state index contributed by atoms with van der Waals surface area (Å²) in [7, 11) is 1.45. The number of halogens is 2. The highest BCUT2D eigenvalue weighted by atomic mass is 79.9. The predicted molar refractivity (Wildman–Crippen MR) is 168 cm³/mol. The maximum absolute atomic E-state index is 13.0. The smallest absolute Gasteiger partial charge is 0.294 e. The quantitative estimate of drug-likeness (QED) is 0.242. The standard InChI is InChI=1S/C30H27BrClN3O6S/c1-16-5-7-20(32)13-23(16)34-27(36)14-35-29(38)26(42-30(35)39)12-19-6-10-24(25(11-19)40-4)41-15-28(37)33-22-9-8-21(31)17(2)18(22)3/h5-13H,14-15H2,1-4H3,(H,33,37)(H,34,36)/b26-12+. The van der Waals surface area contributed by atoms with E-state index < -0.39 is 23.6 Å². The molecule has 0 bridgehead atoms. The number of benzene rings is 3. The third-order valence-corrected chi connectivity index (χ3v) is 8.49. The van der Waals surface area contributed by atoms with Crippen molar-refractivity contribution in [3.63, 3.8) is 0 Å². The summed E-state index contributed by atoms with van der Waals surface area (Å²) in [4.78, 5) is 51.6. The topological polar surface area (TPSA) is 114 Å². The molecule has 9 nitrogen and oxygen atoms in total. The number of imide groups is 1. The van der Waals surface area contributed by atoms with Crippen LogP contribution in [0, 0.1) is 20.8 Å². The molecule has 1 saturated heterocycles. The molecule has 12 heteroatoms. The molecule has 218 valence electrons. The van der Waals surface area contributed by atoms with Crippen LogP contribution in [0.25, 0.3) is 6.08 Å². The van der Waals surface area contributed by atoms with Gasteiger partial charge in [-0.15, -0.1) is 0 Å². The maximum Gasteiger partial charge on any atom is 0.294 e. The number of aryl methyl sites for hydroxylation is 1. The molecule has 4 rings (SSSR count). The molecule has 42 heavy (non-hydrogen) atoms. The van der Waals surface area contributed by atoms with Crippen molar-refractivity contribution < 1.29 is 28.7 Å². The minimum atomic E-state index is -0.586. The summed E-state index contributed by atoms with van der Waals surface area (Å²) in [6, 6.07) is 13.6. The van der Waals surface area contributed by atoms with Crippen molar-refractivity contribution in [3.05, 3.63) is 85.2 Å². The van der Waals surface area contributed by atoms with Gasteiger partial charge < -0.3 is 20.1 Å². The molecule has 1 heterocycles. The second-order valence-corrected chi connectivity index (χ2v) is 11.7. The SMILES string of the molecule is COc1cc(/C=C2/SC(=O)N(CC(=O)Nc3cc(Cl)ccc3C)C2=O)ccc1OCC(=O)Nc1ccc(Br)c(C)c1C. The summed E-state index contributed by atoms with van der Waals surface area (Å²) in [5.74, 6) is -0.787. The van der Waals surface area contributed by atoms with E-state index in [1.807, 2.05) is 26.0 Å². The number of nitrogens with one attached hydrogen (secondary N) is 2. The van der Waals surface area contributed by atoms with E-state index >= 15 is 0 Å². The van der Waals surface area contributed by atoms with Crippen LogP contribution < -0.4 is 20.1 Å². The molecule has 0 atom stereocenters. The van der Waals surface area contributed by atoms with E-state index in [2.05, 4.69) is 26.6 Å². The van der Waals surface area contributed by atoms with Gasteiger partial charge in [-0.2, -0.15) is 0 Å². The van der Waals surface area contributed by atoms with Crippen LogP contribution in [-0.4, -0.2) is 48.1 Å². The largest absolute Gasteiger partial charge is 0.493 e. The third kappa shape index (κ3) is 7.33. The van der Waals surface area contributed by atoms with Gasteiger partial charge in [0.25, 0.3) is 17.1 Å². The number of ether oxygens (including phenoxy) is 2. The third-order valence-electron chi connectivity index (χ3n) is 6.49. The summed E-state index contributed by atoms with van der Waals surface area (Å²) >= 11 is 10.2. The zero-order valence-electron chi connectivity index (χ0n) is 23.2. The van der Waals surface area contributed by atoms with E-state index in [1.165, 1.54) is 13.2 Å². The number of hydrogen-bond donors (Lipinski definition) is 2. The maximum atomic E-state index is 13.0. The molecule has 0 saturated carbocycles. The Morgan fingerprint density at radius 2 is 1.69 bits per heavy atom. The average Bonchev–Trinajstić information content (AvgIpc) is 3.21. The molecule has 1 fully saturated rings. The van der Waals surface area contributed by atoms with Gasteiger partial charge in [0, 0.05) is 20.9 Å². The Hall–Kier alpha value is -3.80. The zero-order valence-corrected chi connectivity index (χ0v) is 26.3. The van der Waals surface area contributed by atoms with Gasteiger partial charge in [-0.3, -0.25) is 24.1 Å². The molecule has 1 aliphatic rings. The van der Waals surface area contributed by atoms with Crippen molar-refractivity contribution in [2.75, 3.05) is 30.9 Å². The Kier molecular flexibility index (Phi) is 9.97. The molecule has 0 spiro atoms. The van der Waals surface area contributed by atoms with Crippen LogP contribution in [0.1, 0.15) is 22.3 Å². The molecule has 0 unspecified atom stereocenters. The molecule has 0 aromatic heterocycles. The number of thioether (sulfide) groups is 1. The fourth-order valence-electron chi connectivity index (χ4n) is 4.00. The summed E-state index contributed by atoms with van der Waals surface area (Å²) < 4.78 is 12.1. The average molecular weight is 673 g/mol. The number of carbonyl (C=O) groups excluding carboxylic acids is 4. The highest BCUT2D eigenvalue weighted by Gasteiger charge is 2.36. The monoisotopic (exact) mass is 671 g/mol. The highest BCUT2D eigenvalue weighted by molar-refractivity contribution is 9.10. The number of rotatable bonds is 9. The van der Waals surface area contributed by atoms with Crippen LogP contribution in [0.5, 0.6) is 11.5 Å². The Morgan fingerprint density at radius 1 is 0.952 bits per heavy atom. The Bertz CT molecular complexity index is 1630. The predicted octanol–water partition coefficient (Wildman–Crippen LogP) is 6.73. The van der Waals surface area contributed by atoms with Crippen molar-refractivity contribution in [3.8, 4) is 11.5 Å². The number of nitrogens with zero attached hydrogens (tertiary/aromatic N) is 1. The molecule has 3 aromatic rings. The fraction of sp³-hybridized carbons (Fsp3) is 0.200. The number of hydrogen-bond acceptors (Lipinski definition) is 7. The summed E-state index contributed by atoms with van der Waals surface area (Å²) in [5.41, 5.74) is 4.52. The normalized spacial score (nSPS) is 13.9. The fourth-order valence-corrected chi connectivity index (χ4v) is 5.44. The van der Waals surface area contributed by atoms with Gasteiger partial charge in [0.2, 0.25) is 5.91 Å². The number of amides is 4. The van der Waals surface area contributed by atoms with E-state index in [1.54, 1.807) is 43.3 Å². The van der Waals surface area contributed by atoms with Crippen LogP contribution in [0.4, 0.5) is 16.2 Å². The van der Waals surface area contributed by atoms with E-state index in [-0.39, 0.29) is 17.4 Å². The Morgan fingerprint density at radius 3 is 2.43 bits per heavy atom. The van der Waals surface area contributed by atoms with Crippen LogP contribution in [0.3, 0.4) is 0 Å².